The molecule has 3 unspecified atom stereocenters. The first kappa shape index (κ1) is 13.3. The summed E-state index contributed by atoms with van der Waals surface area (Å²) in [5.41, 5.74) is 0. The minimum Gasteiger partial charge on any atom is -0.395 e. The Hall–Kier alpha value is -0.170. The van der Waals surface area contributed by atoms with Gasteiger partial charge in [0.25, 0.3) is 10.2 Å². The minimum atomic E-state index is -3.40. The van der Waals surface area contributed by atoms with Crippen molar-refractivity contribution in [2.75, 3.05) is 13.2 Å². The molecule has 0 bridgehead atoms. The van der Waals surface area contributed by atoms with Gasteiger partial charge in [-0.3, -0.25) is 0 Å². The number of hydrogen-bond acceptors (Lipinski definition) is 3. The van der Waals surface area contributed by atoms with Crippen molar-refractivity contribution in [3.05, 3.63) is 0 Å². The first-order valence-electron chi connectivity index (χ1n) is 6.48. The van der Waals surface area contributed by atoms with E-state index < -0.39 is 10.2 Å². The van der Waals surface area contributed by atoms with Crippen molar-refractivity contribution in [1.82, 2.24) is 9.03 Å². The fourth-order valence-corrected chi connectivity index (χ4v) is 4.32. The molecule has 0 aromatic carbocycles. The largest absolute Gasteiger partial charge is 0.395 e. The van der Waals surface area contributed by atoms with E-state index in [0.29, 0.717) is 12.5 Å². The Morgan fingerprint density at radius 3 is 2.76 bits per heavy atom. The van der Waals surface area contributed by atoms with Gasteiger partial charge < -0.3 is 5.11 Å². The maximum absolute atomic E-state index is 12.2. The van der Waals surface area contributed by atoms with E-state index in [2.05, 4.69) is 11.6 Å². The Kier molecular flexibility index (Phi) is 4.07. The topological polar surface area (TPSA) is 69.6 Å². The molecule has 1 heterocycles. The highest BCUT2D eigenvalue weighted by molar-refractivity contribution is 7.87. The van der Waals surface area contributed by atoms with Crippen LogP contribution < -0.4 is 4.72 Å². The monoisotopic (exact) mass is 262 g/mol. The van der Waals surface area contributed by atoms with E-state index in [-0.39, 0.29) is 18.7 Å². The smallest absolute Gasteiger partial charge is 0.280 e. The first-order chi connectivity index (χ1) is 8.08. The molecule has 1 saturated carbocycles. The van der Waals surface area contributed by atoms with Crippen LogP contribution in [0.1, 0.15) is 39.0 Å². The summed E-state index contributed by atoms with van der Waals surface area (Å²) in [5.74, 6) is 0.502. The molecule has 0 aromatic heterocycles. The Balaban J connectivity index is 1.98. The molecule has 100 valence electrons. The summed E-state index contributed by atoms with van der Waals surface area (Å²) in [6.45, 7) is 2.53. The Labute approximate surface area is 103 Å². The molecule has 2 fully saturated rings. The molecule has 17 heavy (non-hydrogen) atoms. The second-order valence-electron chi connectivity index (χ2n) is 5.08. The van der Waals surface area contributed by atoms with Gasteiger partial charge in [0.05, 0.1) is 6.61 Å². The van der Waals surface area contributed by atoms with E-state index in [9.17, 15) is 13.5 Å². The lowest BCUT2D eigenvalue weighted by Gasteiger charge is -2.33. The van der Waals surface area contributed by atoms with Crippen LogP contribution in [0, 0.1) is 5.92 Å². The van der Waals surface area contributed by atoms with Gasteiger partial charge in [-0.05, 0) is 25.2 Å². The third kappa shape index (κ3) is 2.99. The summed E-state index contributed by atoms with van der Waals surface area (Å²) in [4.78, 5) is 0. The summed E-state index contributed by atoms with van der Waals surface area (Å²) in [5, 5.41) is 9.24. The van der Waals surface area contributed by atoms with Gasteiger partial charge in [-0.15, -0.1) is 0 Å². The molecular formula is C11H22N2O3S. The summed E-state index contributed by atoms with van der Waals surface area (Å²) >= 11 is 0. The van der Waals surface area contributed by atoms with Crippen molar-refractivity contribution in [3.8, 4) is 0 Å². The number of aliphatic hydroxyl groups excluding tert-OH is 1. The summed E-state index contributed by atoms with van der Waals surface area (Å²) < 4.78 is 28.5. The first-order valence-corrected chi connectivity index (χ1v) is 7.92. The second kappa shape index (κ2) is 5.22. The lowest BCUT2D eigenvalue weighted by atomic mass is 10.1. The number of aliphatic hydroxyl groups is 1. The Morgan fingerprint density at radius 2 is 2.18 bits per heavy atom. The van der Waals surface area contributed by atoms with Crippen molar-refractivity contribution >= 4 is 10.2 Å². The van der Waals surface area contributed by atoms with E-state index in [1.807, 2.05) is 0 Å². The quantitative estimate of drug-likeness (QED) is 0.756. The summed E-state index contributed by atoms with van der Waals surface area (Å²) in [6, 6.07) is -0.119. The maximum atomic E-state index is 12.2. The van der Waals surface area contributed by atoms with Gasteiger partial charge >= 0.3 is 0 Å². The zero-order valence-electron chi connectivity index (χ0n) is 10.3. The maximum Gasteiger partial charge on any atom is 0.280 e. The average Bonchev–Trinajstić information content (AvgIpc) is 3.06. The fraction of sp³-hybridized carbons (Fsp3) is 1.00. The number of nitrogens with one attached hydrogen (secondary N) is 1. The predicted octanol–water partition coefficient (Wildman–Crippen LogP) is 0.466. The third-order valence-corrected chi connectivity index (χ3v) is 5.54. The molecule has 6 heteroatoms. The molecular weight excluding hydrogens is 240 g/mol. The molecule has 1 aliphatic heterocycles. The van der Waals surface area contributed by atoms with Gasteiger partial charge in [0, 0.05) is 18.6 Å². The van der Waals surface area contributed by atoms with Crippen molar-refractivity contribution in [1.29, 1.82) is 0 Å². The highest BCUT2D eigenvalue weighted by Gasteiger charge is 2.41. The molecule has 0 radical (unpaired) electrons. The lowest BCUT2D eigenvalue weighted by molar-refractivity contribution is 0.154. The molecule has 1 aliphatic carbocycles. The molecule has 2 N–H and O–H groups in total. The normalized spacial score (nSPS) is 34.8. The second-order valence-corrected chi connectivity index (χ2v) is 6.73. The van der Waals surface area contributed by atoms with Crippen LogP contribution in [0.15, 0.2) is 0 Å². The van der Waals surface area contributed by atoms with Crippen LogP contribution in [0.4, 0.5) is 0 Å². The van der Waals surface area contributed by atoms with E-state index in [1.54, 1.807) is 0 Å². The van der Waals surface area contributed by atoms with Crippen LogP contribution in [0.3, 0.4) is 0 Å². The van der Waals surface area contributed by atoms with Crippen LogP contribution in [-0.4, -0.2) is 43.1 Å². The van der Waals surface area contributed by atoms with Gasteiger partial charge in [-0.25, -0.2) is 0 Å². The molecule has 2 aliphatic rings. The number of rotatable bonds is 5. The van der Waals surface area contributed by atoms with Gasteiger partial charge in [-0.2, -0.15) is 17.4 Å². The number of piperidine rings is 1. The van der Waals surface area contributed by atoms with Gasteiger partial charge in [0.2, 0.25) is 0 Å². The summed E-state index contributed by atoms with van der Waals surface area (Å²) in [6.07, 6.45) is 4.63. The molecule has 5 nitrogen and oxygen atoms in total. The predicted molar refractivity (Wildman–Crippen MR) is 65.7 cm³/mol. The summed E-state index contributed by atoms with van der Waals surface area (Å²) in [7, 11) is -3.40. The van der Waals surface area contributed by atoms with Crippen LogP contribution in [-0.2, 0) is 10.2 Å². The molecule has 3 atom stereocenters. The van der Waals surface area contributed by atoms with Crippen molar-refractivity contribution < 1.29 is 13.5 Å². The molecule has 1 saturated heterocycles. The van der Waals surface area contributed by atoms with Gasteiger partial charge in [0.1, 0.15) is 0 Å². The van der Waals surface area contributed by atoms with Crippen LogP contribution in [0.25, 0.3) is 0 Å². The van der Waals surface area contributed by atoms with Crippen LogP contribution in [0.2, 0.25) is 0 Å². The van der Waals surface area contributed by atoms with Crippen LogP contribution in [0.5, 0.6) is 0 Å². The molecule has 2 rings (SSSR count). The molecule has 0 spiro atoms. The van der Waals surface area contributed by atoms with E-state index in [0.717, 1.165) is 32.1 Å². The standard InChI is InChI=1S/C11H22N2O3S/c1-2-9-7-11(9)12-17(15,16)13-6-4-3-5-10(13)8-14/h9-12,14H,2-8H2,1H3. The number of hydrogen-bond donors (Lipinski definition) is 2. The molecule has 0 amide bonds. The zero-order valence-corrected chi connectivity index (χ0v) is 11.1. The Bertz CT molecular complexity index is 358. The zero-order chi connectivity index (χ0) is 12.5. The SMILES string of the molecule is CCC1CC1NS(=O)(=O)N1CCCCC1CO. The minimum absolute atomic E-state index is 0.0806. The van der Waals surface area contributed by atoms with Crippen molar-refractivity contribution in [2.45, 2.75) is 51.1 Å². The highest BCUT2D eigenvalue weighted by Crippen LogP contribution is 2.34. The van der Waals surface area contributed by atoms with Gasteiger partial charge in [-0.1, -0.05) is 19.8 Å². The van der Waals surface area contributed by atoms with Crippen LogP contribution >= 0.6 is 0 Å². The van der Waals surface area contributed by atoms with Crippen molar-refractivity contribution in [2.24, 2.45) is 5.92 Å². The van der Waals surface area contributed by atoms with Gasteiger partial charge in [0.15, 0.2) is 0 Å². The van der Waals surface area contributed by atoms with E-state index >= 15 is 0 Å². The van der Waals surface area contributed by atoms with E-state index in [4.69, 9.17) is 0 Å². The average molecular weight is 262 g/mol. The van der Waals surface area contributed by atoms with E-state index in [1.165, 1.54) is 4.31 Å². The van der Waals surface area contributed by atoms with Crippen molar-refractivity contribution in [3.63, 3.8) is 0 Å². The highest BCUT2D eigenvalue weighted by atomic mass is 32.2. The molecule has 0 aromatic rings. The fourth-order valence-electron chi connectivity index (χ4n) is 2.58. The number of nitrogens with zero attached hydrogens (tertiary/aromatic N) is 1. The lowest BCUT2D eigenvalue weighted by Crippen LogP contribution is -2.51. The Morgan fingerprint density at radius 1 is 1.41 bits per heavy atom. The third-order valence-electron chi connectivity index (χ3n) is 3.84.